The van der Waals surface area contributed by atoms with E-state index >= 15 is 0 Å². The number of halogens is 1. The van der Waals surface area contributed by atoms with Crippen molar-refractivity contribution in [2.45, 2.75) is 27.2 Å². The van der Waals surface area contributed by atoms with E-state index < -0.39 is 24.5 Å². The van der Waals surface area contributed by atoms with Gasteiger partial charge in [-0.3, -0.25) is 4.79 Å². The van der Waals surface area contributed by atoms with Gasteiger partial charge in [0.25, 0.3) is 5.91 Å². The Morgan fingerprint density at radius 2 is 1.87 bits per heavy atom. The van der Waals surface area contributed by atoms with Gasteiger partial charge in [-0.05, 0) is 31.9 Å². The van der Waals surface area contributed by atoms with E-state index in [0.717, 1.165) is 10.4 Å². The van der Waals surface area contributed by atoms with Crippen molar-refractivity contribution in [1.29, 1.82) is 0 Å². The lowest BCUT2D eigenvalue weighted by molar-refractivity contribution is -0.119. The van der Waals surface area contributed by atoms with Crippen LogP contribution in [-0.2, 0) is 20.7 Å². The maximum absolute atomic E-state index is 12.4. The Morgan fingerprint density at radius 1 is 1.17 bits per heavy atom. The number of thiophene rings is 1. The molecule has 1 aromatic heterocycles. The monoisotopic (exact) mass is 454 g/mol. The van der Waals surface area contributed by atoms with E-state index in [-0.39, 0.29) is 28.6 Å². The highest BCUT2D eigenvalue weighted by atomic mass is 35.5. The highest BCUT2D eigenvalue weighted by Crippen LogP contribution is 2.34. The number of methoxy groups -OCH3 is 1. The number of esters is 2. The van der Waals surface area contributed by atoms with Gasteiger partial charge in [0.05, 0.1) is 30.0 Å². The molecule has 0 radical (unpaired) electrons. The van der Waals surface area contributed by atoms with Crippen LogP contribution in [0.2, 0.25) is 5.02 Å². The largest absolute Gasteiger partial charge is 0.496 e. The van der Waals surface area contributed by atoms with Crippen molar-refractivity contribution in [3.63, 3.8) is 0 Å². The predicted octanol–water partition coefficient (Wildman–Crippen LogP) is 3.84. The number of rotatable bonds is 8. The second kappa shape index (κ2) is 10.3. The topological polar surface area (TPSA) is 117 Å². The normalized spacial score (nSPS) is 10.4. The standard InChI is InChI=1S/C20H23ClN2O6S/c1-5-15-10(3)17(20(26)28-6-2)18(30-15)23-16(24)9-29-19(25)11-7-12(21)13(22)8-14(11)27-4/h7-8H,5-6,9,22H2,1-4H3,(H,23,24). The molecule has 3 N–H and O–H groups in total. The SMILES string of the molecule is CCOC(=O)c1c(NC(=O)COC(=O)c2cc(Cl)c(N)cc2OC)sc(CC)c1C. The van der Waals surface area contributed by atoms with Gasteiger partial charge in [0.15, 0.2) is 6.61 Å². The summed E-state index contributed by atoms with van der Waals surface area (Å²) in [4.78, 5) is 38.0. The van der Waals surface area contributed by atoms with Crippen molar-refractivity contribution < 1.29 is 28.6 Å². The number of carbonyl (C=O) groups excluding carboxylic acids is 3. The van der Waals surface area contributed by atoms with Gasteiger partial charge in [-0.25, -0.2) is 9.59 Å². The molecule has 0 saturated heterocycles. The first-order chi connectivity index (χ1) is 14.2. The van der Waals surface area contributed by atoms with Crippen LogP contribution in [-0.4, -0.2) is 38.2 Å². The molecule has 0 aliphatic rings. The molecule has 0 unspecified atom stereocenters. The van der Waals surface area contributed by atoms with E-state index in [1.54, 1.807) is 13.8 Å². The van der Waals surface area contributed by atoms with E-state index in [9.17, 15) is 14.4 Å². The number of hydrogen-bond donors (Lipinski definition) is 2. The average molecular weight is 455 g/mol. The Kier molecular flexibility index (Phi) is 8.08. The third kappa shape index (κ3) is 5.22. The van der Waals surface area contributed by atoms with Crippen LogP contribution in [0.3, 0.4) is 0 Å². The zero-order chi connectivity index (χ0) is 22.4. The maximum atomic E-state index is 12.4. The molecule has 0 spiro atoms. The molecule has 0 bridgehead atoms. The number of nitrogens with two attached hydrogens (primary N) is 1. The smallest absolute Gasteiger partial charge is 0.342 e. The van der Waals surface area contributed by atoms with Crippen LogP contribution in [0.1, 0.15) is 45.0 Å². The van der Waals surface area contributed by atoms with Crippen molar-refractivity contribution in [2.75, 3.05) is 31.4 Å². The summed E-state index contributed by atoms with van der Waals surface area (Å²) in [5, 5.41) is 3.14. The van der Waals surface area contributed by atoms with Crippen LogP contribution < -0.4 is 15.8 Å². The first-order valence-electron chi connectivity index (χ1n) is 9.12. The lowest BCUT2D eigenvalue weighted by Crippen LogP contribution is -2.22. The molecule has 0 fully saturated rings. The number of amides is 1. The summed E-state index contributed by atoms with van der Waals surface area (Å²) in [5.74, 6) is -1.74. The minimum Gasteiger partial charge on any atom is -0.496 e. The number of anilines is 2. The number of carbonyl (C=O) groups is 3. The Labute approximate surface area is 183 Å². The molecule has 162 valence electrons. The second-order valence-corrected chi connectivity index (χ2v) is 7.64. The van der Waals surface area contributed by atoms with E-state index in [2.05, 4.69) is 5.32 Å². The van der Waals surface area contributed by atoms with Gasteiger partial charge in [0, 0.05) is 10.9 Å². The molecule has 2 rings (SSSR count). The fourth-order valence-corrected chi connectivity index (χ4v) is 4.02. The van der Waals surface area contributed by atoms with Crippen molar-refractivity contribution in [1.82, 2.24) is 0 Å². The second-order valence-electron chi connectivity index (χ2n) is 6.13. The van der Waals surface area contributed by atoms with Crippen molar-refractivity contribution >= 4 is 51.5 Å². The molecule has 1 heterocycles. The summed E-state index contributed by atoms with van der Waals surface area (Å²) in [6.07, 6.45) is 0.700. The lowest BCUT2D eigenvalue weighted by Gasteiger charge is -2.11. The van der Waals surface area contributed by atoms with Gasteiger partial charge >= 0.3 is 11.9 Å². The highest BCUT2D eigenvalue weighted by Gasteiger charge is 2.24. The van der Waals surface area contributed by atoms with Gasteiger partial charge in [0.1, 0.15) is 16.3 Å². The number of hydrogen-bond acceptors (Lipinski definition) is 8. The summed E-state index contributed by atoms with van der Waals surface area (Å²) in [5.41, 5.74) is 7.05. The Morgan fingerprint density at radius 3 is 2.47 bits per heavy atom. The van der Waals surface area contributed by atoms with Crippen LogP contribution in [0.4, 0.5) is 10.7 Å². The number of nitrogen functional groups attached to an aromatic ring is 1. The first kappa shape index (κ1) is 23.5. The molecule has 10 heteroatoms. The minimum atomic E-state index is -0.800. The third-order valence-corrected chi connectivity index (χ3v) is 5.85. The molecule has 1 amide bonds. The van der Waals surface area contributed by atoms with Crippen molar-refractivity contribution in [2.24, 2.45) is 0 Å². The maximum Gasteiger partial charge on any atom is 0.342 e. The zero-order valence-corrected chi connectivity index (χ0v) is 18.7. The fraction of sp³-hybridized carbons (Fsp3) is 0.350. The number of aryl methyl sites for hydroxylation is 1. The van der Waals surface area contributed by atoms with Crippen molar-refractivity contribution in [3.8, 4) is 5.75 Å². The molecule has 0 saturated carbocycles. The first-order valence-corrected chi connectivity index (χ1v) is 10.3. The molecular weight excluding hydrogens is 432 g/mol. The minimum absolute atomic E-state index is 0.0388. The zero-order valence-electron chi connectivity index (χ0n) is 17.1. The summed E-state index contributed by atoms with van der Waals surface area (Å²) in [7, 11) is 1.37. The van der Waals surface area contributed by atoms with E-state index in [0.29, 0.717) is 17.0 Å². The number of nitrogens with one attached hydrogen (secondary N) is 1. The molecule has 0 atom stereocenters. The van der Waals surface area contributed by atoms with Crippen LogP contribution >= 0.6 is 22.9 Å². The molecule has 2 aromatic rings. The van der Waals surface area contributed by atoms with Crippen LogP contribution in [0.15, 0.2) is 12.1 Å². The van der Waals surface area contributed by atoms with Gasteiger partial charge in [-0.1, -0.05) is 18.5 Å². The molecule has 8 nitrogen and oxygen atoms in total. The van der Waals surface area contributed by atoms with Crippen LogP contribution in [0.25, 0.3) is 0 Å². The number of ether oxygens (including phenoxy) is 3. The average Bonchev–Trinajstić information content (AvgIpc) is 3.02. The molecule has 0 aliphatic carbocycles. The molecule has 1 aromatic carbocycles. The van der Waals surface area contributed by atoms with E-state index in [1.807, 2.05) is 6.92 Å². The molecular formula is C20H23ClN2O6S. The van der Waals surface area contributed by atoms with Crippen LogP contribution in [0.5, 0.6) is 5.75 Å². The van der Waals surface area contributed by atoms with Crippen LogP contribution in [0, 0.1) is 6.92 Å². The summed E-state index contributed by atoms with van der Waals surface area (Å²) in [6, 6.07) is 2.70. The van der Waals surface area contributed by atoms with Gasteiger partial charge in [-0.15, -0.1) is 11.3 Å². The van der Waals surface area contributed by atoms with E-state index in [1.165, 1.54) is 30.6 Å². The van der Waals surface area contributed by atoms with Gasteiger partial charge in [0.2, 0.25) is 0 Å². The lowest BCUT2D eigenvalue weighted by atomic mass is 10.1. The Balaban J connectivity index is 2.13. The third-order valence-electron chi connectivity index (χ3n) is 4.17. The fourth-order valence-electron chi connectivity index (χ4n) is 2.70. The van der Waals surface area contributed by atoms with Crippen molar-refractivity contribution in [3.05, 3.63) is 38.7 Å². The Hall–Kier alpha value is -2.78. The summed E-state index contributed by atoms with van der Waals surface area (Å²) in [6.45, 7) is 5.10. The summed E-state index contributed by atoms with van der Waals surface area (Å²) < 4.78 is 15.3. The quantitative estimate of drug-likeness (QED) is 0.459. The van der Waals surface area contributed by atoms with Gasteiger partial charge < -0.3 is 25.3 Å². The molecule has 0 aliphatic heterocycles. The predicted molar refractivity (Wildman–Crippen MR) is 116 cm³/mol. The van der Waals surface area contributed by atoms with Gasteiger partial charge in [-0.2, -0.15) is 0 Å². The summed E-state index contributed by atoms with van der Waals surface area (Å²) >= 11 is 7.23. The van der Waals surface area contributed by atoms with E-state index in [4.69, 9.17) is 31.5 Å². The highest BCUT2D eigenvalue weighted by molar-refractivity contribution is 7.17. The molecule has 30 heavy (non-hydrogen) atoms. The number of benzene rings is 1. The Bertz CT molecular complexity index is 973.